The number of carbonyl (C=O) groups excluding carboxylic acids is 1. The van der Waals surface area contributed by atoms with Crippen LogP contribution in [0.4, 0.5) is 5.13 Å². The van der Waals surface area contributed by atoms with Crippen LogP contribution in [0.1, 0.15) is 24.2 Å². The minimum absolute atomic E-state index is 0.111. The number of fused-ring (bicyclic) bond motifs is 1. The van der Waals surface area contributed by atoms with Gasteiger partial charge in [-0.05, 0) is 43.4 Å². The maximum absolute atomic E-state index is 13.2. The number of anilines is 1. The van der Waals surface area contributed by atoms with Gasteiger partial charge in [0.05, 0.1) is 15.1 Å². The summed E-state index contributed by atoms with van der Waals surface area (Å²) in [5, 5.41) is 0.576. The topological polar surface area (TPSA) is 70.6 Å². The Kier molecular flexibility index (Phi) is 6.66. The summed E-state index contributed by atoms with van der Waals surface area (Å²) in [6.45, 7) is 7.24. The summed E-state index contributed by atoms with van der Waals surface area (Å²) >= 11 is 1.34. The smallest absolute Gasteiger partial charge is 0.260 e. The van der Waals surface area contributed by atoms with Crippen molar-refractivity contribution in [3.8, 4) is 0 Å². The summed E-state index contributed by atoms with van der Waals surface area (Å²) in [6.07, 6.45) is 1.19. The second-order valence-electron chi connectivity index (χ2n) is 6.75. The highest BCUT2D eigenvalue weighted by Crippen LogP contribution is 2.31. The molecule has 3 rings (SSSR count). The Hall–Kier alpha value is -2.29. The first kappa shape index (κ1) is 21.4. The Morgan fingerprint density at radius 2 is 1.72 bits per heavy atom. The summed E-state index contributed by atoms with van der Waals surface area (Å²) in [6, 6.07) is 14.0. The number of sulfone groups is 1. The number of benzene rings is 2. The Morgan fingerprint density at radius 3 is 2.34 bits per heavy atom. The Labute approximate surface area is 175 Å². The Morgan fingerprint density at radius 1 is 1.03 bits per heavy atom. The third-order valence-electron chi connectivity index (χ3n) is 4.81. The second kappa shape index (κ2) is 9.02. The van der Waals surface area contributed by atoms with Crippen LogP contribution in [0.5, 0.6) is 0 Å². The maximum Gasteiger partial charge on any atom is 0.260 e. The molecule has 154 valence electrons. The lowest BCUT2D eigenvalue weighted by Crippen LogP contribution is -2.38. The highest BCUT2D eigenvalue weighted by atomic mass is 32.2. The summed E-state index contributed by atoms with van der Waals surface area (Å²) in [4.78, 5) is 22.0. The Balaban J connectivity index is 1.99. The third kappa shape index (κ3) is 5.01. The van der Waals surface area contributed by atoms with Gasteiger partial charge in [0.2, 0.25) is 0 Å². The van der Waals surface area contributed by atoms with Gasteiger partial charge >= 0.3 is 0 Å². The van der Waals surface area contributed by atoms with E-state index < -0.39 is 9.84 Å². The first-order chi connectivity index (χ1) is 13.8. The van der Waals surface area contributed by atoms with Gasteiger partial charge in [0, 0.05) is 24.9 Å². The molecule has 6 nitrogen and oxygen atoms in total. The molecule has 1 heterocycles. The molecule has 0 atom stereocenters. The number of amides is 1. The van der Waals surface area contributed by atoms with Crippen LogP contribution >= 0.6 is 11.3 Å². The highest BCUT2D eigenvalue weighted by Gasteiger charge is 2.22. The number of likely N-dealkylation sites (N-methyl/N-ethyl adjacent to an activating group) is 1. The first-order valence-corrected chi connectivity index (χ1v) is 12.2. The predicted octanol–water partition coefficient (Wildman–Crippen LogP) is 3.69. The zero-order valence-corrected chi connectivity index (χ0v) is 18.5. The molecule has 1 aromatic heterocycles. The van der Waals surface area contributed by atoms with Crippen molar-refractivity contribution < 1.29 is 13.2 Å². The number of nitrogens with zero attached hydrogens (tertiary/aromatic N) is 3. The largest absolute Gasteiger partial charge is 0.302 e. The van der Waals surface area contributed by atoms with Crippen molar-refractivity contribution in [3.05, 3.63) is 54.1 Å². The molecule has 2 aromatic carbocycles. The second-order valence-corrected chi connectivity index (χ2v) is 9.77. The van der Waals surface area contributed by atoms with Crippen LogP contribution in [0.15, 0.2) is 53.4 Å². The number of aromatic nitrogens is 1. The van der Waals surface area contributed by atoms with Gasteiger partial charge in [0.25, 0.3) is 5.91 Å². The molecule has 0 aliphatic carbocycles. The van der Waals surface area contributed by atoms with Gasteiger partial charge in [-0.15, -0.1) is 0 Å². The molecule has 0 fully saturated rings. The standard InChI is InChI=1S/C21H25N3O3S2/c1-4-23(5-2)13-14-24(20(25)16-9-7-6-8-10-16)21-22-18-12-11-17(29(3,26)27)15-19(18)28-21/h6-12,15H,4-5,13-14H2,1-3H3. The molecule has 0 bridgehead atoms. The molecule has 0 saturated carbocycles. The quantitative estimate of drug-likeness (QED) is 0.544. The first-order valence-electron chi connectivity index (χ1n) is 9.53. The van der Waals surface area contributed by atoms with Gasteiger partial charge in [0.1, 0.15) is 0 Å². The monoisotopic (exact) mass is 431 g/mol. The van der Waals surface area contributed by atoms with Crippen molar-refractivity contribution in [3.63, 3.8) is 0 Å². The van der Waals surface area contributed by atoms with Gasteiger partial charge in [-0.2, -0.15) is 0 Å². The summed E-state index contributed by atoms with van der Waals surface area (Å²) in [5.74, 6) is -0.111. The SMILES string of the molecule is CCN(CC)CCN(C(=O)c1ccccc1)c1nc2ccc(S(C)(=O)=O)cc2s1. The van der Waals surface area contributed by atoms with E-state index in [2.05, 4.69) is 23.7 Å². The molecule has 1 amide bonds. The molecule has 0 unspecified atom stereocenters. The van der Waals surface area contributed by atoms with Gasteiger partial charge in [-0.3, -0.25) is 9.69 Å². The van der Waals surface area contributed by atoms with E-state index in [0.29, 0.717) is 22.8 Å². The molecule has 0 aliphatic heterocycles. The van der Waals surface area contributed by atoms with Crippen LogP contribution in [0.25, 0.3) is 10.2 Å². The van der Waals surface area contributed by atoms with Crippen LogP contribution in [-0.4, -0.2) is 56.6 Å². The van der Waals surface area contributed by atoms with E-state index in [9.17, 15) is 13.2 Å². The lowest BCUT2D eigenvalue weighted by Gasteiger charge is -2.24. The predicted molar refractivity (Wildman–Crippen MR) is 119 cm³/mol. The van der Waals surface area contributed by atoms with Crippen LogP contribution in [-0.2, 0) is 9.84 Å². The highest BCUT2D eigenvalue weighted by molar-refractivity contribution is 7.90. The van der Waals surface area contributed by atoms with Crippen molar-refractivity contribution in [2.45, 2.75) is 18.7 Å². The molecule has 29 heavy (non-hydrogen) atoms. The lowest BCUT2D eigenvalue weighted by atomic mass is 10.2. The van der Waals surface area contributed by atoms with Crippen LogP contribution in [0, 0.1) is 0 Å². The average Bonchev–Trinajstić information content (AvgIpc) is 3.14. The molecule has 0 spiro atoms. The molecule has 0 radical (unpaired) electrons. The minimum atomic E-state index is -3.30. The summed E-state index contributed by atoms with van der Waals surface area (Å²) < 4.78 is 24.5. The molecule has 8 heteroatoms. The minimum Gasteiger partial charge on any atom is -0.302 e. The maximum atomic E-state index is 13.2. The van der Waals surface area contributed by atoms with Crippen molar-refractivity contribution in [2.24, 2.45) is 0 Å². The van der Waals surface area contributed by atoms with Gasteiger partial charge in [-0.25, -0.2) is 13.4 Å². The molecular formula is C21H25N3O3S2. The van der Waals surface area contributed by atoms with Crippen molar-refractivity contribution in [2.75, 3.05) is 37.3 Å². The zero-order valence-electron chi connectivity index (χ0n) is 16.8. The number of hydrogen-bond donors (Lipinski definition) is 0. The third-order valence-corrected chi connectivity index (χ3v) is 6.96. The average molecular weight is 432 g/mol. The van der Waals surface area contributed by atoms with E-state index in [1.54, 1.807) is 35.2 Å². The fraction of sp³-hybridized carbons (Fsp3) is 0.333. The summed E-state index contributed by atoms with van der Waals surface area (Å²) in [5.41, 5.74) is 1.29. The number of carbonyl (C=O) groups is 1. The van der Waals surface area contributed by atoms with E-state index in [0.717, 1.165) is 24.3 Å². The van der Waals surface area contributed by atoms with Gasteiger partial charge < -0.3 is 4.90 Å². The van der Waals surface area contributed by atoms with Crippen LogP contribution in [0.2, 0.25) is 0 Å². The fourth-order valence-corrected chi connectivity index (χ4v) is 4.79. The molecule has 0 aliphatic rings. The van der Waals surface area contributed by atoms with Crippen LogP contribution in [0.3, 0.4) is 0 Å². The number of rotatable bonds is 8. The zero-order chi connectivity index (χ0) is 21.0. The van der Waals surface area contributed by atoms with Crippen molar-refractivity contribution in [1.29, 1.82) is 0 Å². The molecular weight excluding hydrogens is 406 g/mol. The Bertz CT molecular complexity index is 1090. The summed E-state index contributed by atoms with van der Waals surface area (Å²) in [7, 11) is -3.30. The normalized spacial score (nSPS) is 11.9. The van der Waals surface area contributed by atoms with E-state index in [-0.39, 0.29) is 10.8 Å². The van der Waals surface area contributed by atoms with E-state index in [4.69, 9.17) is 0 Å². The fourth-order valence-electron chi connectivity index (χ4n) is 3.04. The van der Waals surface area contributed by atoms with E-state index in [1.807, 2.05) is 18.2 Å². The van der Waals surface area contributed by atoms with Gasteiger partial charge in [0.15, 0.2) is 15.0 Å². The van der Waals surface area contributed by atoms with Gasteiger partial charge in [-0.1, -0.05) is 43.4 Å². The van der Waals surface area contributed by atoms with Crippen LogP contribution < -0.4 is 4.90 Å². The molecule has 0 saturated heterocycles. The molecule has 3 aromatic rings. The molecule has 0 N–H and O–H groups in total. The number of thiazole rings is 1. The van der Waals surface area contributed by atoms with E-state index >= 15 is 0 Å². The number of hydrogen-bond acceptors (Lipinski definition) is 6. The lowest BCUT2D eigenvalue weighted by molar-refractivity contribution is 0.0983. The van der Waals surface area contributed by atoms with Crippen molar-refractivity contribution >= 4 is 42.4 Å². The van der Waals surface area contributed by atoms with Crippen molar-refractivity contribution in [1.82, 2.24) is 9.88 Å². The van der Waals surface area contributed by atoms with E-state index in [1.165, 1.54) is 17.6 Å².